The van der Waals surface area contributed by atoms with Gasteiger partial charge in [0.25, 0.3) is 0 Å². The molecule has 1 atom stereocenters. The largest absolute Gasteiger partial charge is 0.491 e. The van der Waals surface area contributed by atoms with Gasteiger partial charge in [0, 0.05) is 6.54 Å². The minimum absolute atomic E-state index is 0. The van der Waals surface area contributed by atoms with Crippen LogP contribution in [0.5, 0.6) is 5.75 Å². The van der Waals surface area contributed by atoms with Crippen molar-refractivity contribution in [3.8, 4) is 5.75 Å². The summed E-state index contributed by atoms with van der Waals surface area (Å²) in [5, 5.41) is -1.14. The predicted octanol–water partition coefficient (Wildman–Crippen LogP) is 1.75. The summed E-state index contributed by atoms with van der Waals surface area (Å²) in [6, 6.07) is 12.5. The Hall–Kier alpha value is -1.61. The van der Waals surface area contributed by atoms with Crippen molar-refractivity contribution < 1.29 is 21.6 Å². The van der Waals surface area contributed by atoms with Crippen molar-refractivity contribution in [1.29, 1.82) is 0 Å². The van der Waals surface area contributed by atoms with E-state index in [1.807, 2.05) is 0 Å². The molecule has 1 aliphatic heterocycles. The lowest BCUT2D eigenvalue weighted by molar-refractivity contribution is 0.319. The fourth-order valence-corrected chi connectivity index (χ4v) is 7.28. The third kappa shape index (κ3) is 3.52. The van der Waals surface area contributed by atoms with Crippen molar-refractivity contribution in [3.05, 3.63) is 54.1 Å². The molecule has 2 aromatic carbocycles. The van der Waals surface area contributed by atoms with Crippen molar-refractivity contribution in [1.82, 2.24) is 0 Å². The average Bonchev–Trinajstić information content (AvgIpc) is 2.86. The Morgan fingerprint density at radius 1 is 1.08 bits per heavy atom. The maximum Gasteiger partial charge on any atom is 0.186 e. The standard InChI is InChI=1S/C16H17NO5S2.ClH/c17-9-10-22-14-8-4-7-13-15(11-23(18,19)16(13)14)24(20,21)12-5-2-1-3-6-12;/h1-8,15H,9-11,17H2;1H. The Kier molecular flexibility index (Phi) is 5.78. The van der Waals surface area contributed by atoms with E-state index in [2.05, 4.69) is 0 Å². The second-order valence-electron chi connectivity index (χ2n) is 5.44. The molecule has 9 heteroatoms. The first-order valence-electron chi connectivity index (χ1n) is 7.35. The van der Waals surface area contributed by atoms with Gasteiger partial charge in [0.2, 0.25) is 0 Å². The third-order valence-corrected chi connectivity index (χ3v) is 8.00. The van der Waals surface area contributed by atoms with Gasteiger partial charge in [-0.1, -0.05) is 30.3 Å². The highest BCUT2D eigenvalue weighted by atomic mass is 35.5. The van der Waals surface area contributed by atoms with Gasteiger partial charge in [-0.2, -0.15) is 0 Å². The average molecular weight is 404 g/mol. The second-order valence-corrected chi connectivity index (χ2v) is 9.54. The second kappa shape index (κ2) is 7.33. The molecule has 0 saturated carbocycles. The van der Waals surface area contributed by atoms with Crippen LogP contribution < -0.4 is 10.5 Å². The molecule has 1 heterocycles. The van der Waals surface area contributed by atoms with Crippen LogP contribution in [0.4, 0.5) is 0 Å². The maximum absolute atomic E-state index is 12.9. The number of rotatable bonds is 5. The number of benzene rings is 2. The van der Waals surface area contributed by atoms with Gasteiger partial charge in [0.15, 0.2) is 19.7 Å². The quantitative estimate of drug-likeness (QED) is 0.815. The number of halogens is 1. The van der Waals surface area contributed by atoms with Gasteiger partial charge >= 0.3 is 0 Å². The van der Waals surface area contributed by atoms with Crippen LogP contribution in [0.15, 0.2) is 58.3 Å². The van der Waals surface area contributed by atoms with E-state index in [1.165, 1.54) is 24.3 Å². The Morgan fingerprint density at radius 3 is 2.40 bits per heavy atom. The number of hydrogen-bond donors (Lipinski definition) is 1. The van der Waals surface area contributed by atoms with Crippen LogP contribution in [0.25, 0.3) is 0 Å². The van der Waals surface area contributed by atoms with Gasteiger partial charge in [0.05, 0.1) is 10.6 Å². The summed E-state index contributed by atoms with van der Waals surface area (Å²) < 4.78 is 56.3. The van der Waals surface area contributed by atoms with E-state index in [0.29, 0.717) is 0 Å². The number of fused-ring (bicyclic) bond motifs is 1. The molecule has 0 saturated heterocycles. The molecule has 6 nitrogen and oxygen atoms in total. The third-order valence-electron chi connectivity index (χ3n) is 3.86. The van der Waals surface area contributed by atoms with Crippen molar-refractivity contribution in [3.63, 3.8) is 0 Å². The first kappa shape index (κ1) is 19.7. The van der Waals surface area contributed by atoms with Crippen LogP contribution >= 0.6 is 12.4 Å². The SMILES string of the molecule is Cl.NCCOc1cccc2c1S(=O)(=O)CC2S(=O)(=O)c1ccccc1. The van der Waals surface area contributed by atoms with Crippen molar-refractivity contribution in [2.45, 2.75) is 15.0 Å². The van der Waals surface area contributed by atoms with Gasteiger partial charge in [-0.3, -0.25) is 0 Å². The molecule has 0 amide bonds. The van der Waals surface area contributed by atoms with Crippen LogP contribution in [-0.2, 0) is 19.7 Å². The van der Waals surface area contributed by atoms with Crippen LogP contribution in [-0.4, -0.2) is 35.7 Å². The molecule has 0 bridgehead atoms. The zero-order chi connectivity index (χ0) is 17.4. The lowest BCUT2D eigenvalue weighted by Crippen LogP contribution is -2.15. The van der Waals surface area contributed by atoms with Crippen molar-refractivity contribution >= 4 is 32.1 Å². The van der Waals surface area contributed by atoms with E-state index in [4.69, 9.17) is 10.5 Å². The molecule has 2 aromatic rings. The Labute approximate surface area is 153 Å². The minimum atomic E-state index is -3.82. The Bertz CT molecular complexity index is 959. The summed E-state index contributed by atoms with van der Waals surface area (Å²) in [6.07, 6.45) is 0. The molecule has 0 aliphatic carbocycles. The van der Waals surface area contributed by atoms with E-state index < -0.39 is 30.7 Å². The normalized spacial score (nSPS) is 18.2. The highest BCUT2D eigenvalue weighted by molar-refractivity contribution is 7.96. The number of nitrogens with two attached hydrogens (primary N) is 1. The Morgan fingerprint density at radius 2 is 1.76 bits per heavy atom. The maximum atomic E-state index is 12.9. The van der Waals surface area contributed by atoms with Gasteiger partial charge < -0.3 is 10.5 Å². The summed E-state index contributed by atoms with van der Waals surface area (Å²) in [5.74, 6) is -0.327. The van der Waals surface area contributed by atoms with Gasteiger partial charge in [-0.25, -0.2) is 16.8 Å². The van der Waals surface area contributed by atoms with Crippen molar-refractivity contribution in [2.24, 2.45) is 5.73 Å². The zero-order valence-corrected chi connectivity index (χ0v) is 15.6. The minimum Gasteiger partial charge on any atom is -0.491 e. The fourth-order valence-electron chi connectivity index (χ4n) is 2.81. The zero-order valence-electron chi connectivity index (χ0n) is 13.2. The summed E-state index contributed by atoms with van der Waals surface area (Å²) in [4.78, 5) is 0.0642. The first-order chi connectivity index (χ1) is 11.4. The molecule has 3 rings (SSSR count). The van der Waals surface area contributed by atoms with Crippen LogP contribution in [0.3, 0.4) is 0 Å². The molecule has 25 heavy (non-hydrogen) atoms. The highest BCUT2D eigenvalue weighted by Crippen LogP contribution is 2.44. The molecular formula is C16H18ClNO5S2. The van der Waals surface area contributed by atoms with Crippen LogP contribution in [0.1, 0.15) is 10.8 Å². The molecule has 0 fully saturated rings. The highest BCUT2D eigenvalue weighted by Gasteiger charge is 2.44. The number of ether oxygens (including phenoxy) is 1. The molecule has 136 valence electrons. The molecule has 1 unspecified atom stereocenters. The summed E-state index contributed by atoms with van der Waals surface area (Å²) in [6.45, 7) is 0.386. The van der Waals surface area contributed by atoms with E-state index in [9.17, 15) is 16.8 Å². The van der Waals surface area contributed by atoms with Crippen LogP contribution in [0, 0.1) is 0 Å². The first-order valence-corrected chi connectivity index (χ1v) is 10.6. The molecule has 2 N–H and O–H groups in total. The van der Waals surface area contributed by atoms with Crippen LogP contribution in [0.2, 0.25) is 0 Å². The van der Waals surface area contributed by atoms with Crippen molar-refractivity contribution in [2.75, 3.05) is 18.9 Å². The topological polar surface area (TPSA) is 104 Å². The van der Waals surface area contributed by atoms with Gasteiger partial charge in [0.1, 0.15) is 22.5 Å². The molecule has 0 aromatic heterocycles. The summed E-state index contributed by atoms with van der Waals surface area (Å²) in [5.41, 5.74) is 5.65. The summed E-state index contributed by atoms with van der Waals surface area (Å²) in [7, 11) is -7.57. The van der Waals surface area contributed by atoms with Gasteiger partial charge in [-0.05, 0) is 23.8 Å². The Balaban J connectivity index is 0.00000225. The smallest absolute Gasteiger partial charge is 0.186 e. The monoisotopic (exact) mass is 403 g/mol. The number of sulfone groups is 2. The molecular weight excluding hydrogens is 386 g/mol. The predicted molar refractivity (Wildman–Crippen MR) is 96.7 cm³/mol. The van der Waals surface area contributed by atoms with E-state index in [1.54, 1.807) is 24.3 Å². The van der Waals surface area contributed by atoms with E-state index >= 15 is 0 Å². The van der Waals surface area contributed by atoms with E-state index in [0.717, 1.165) is 0 Å². The lowest BCUT2D eigenvalue weighted by atomic mass is 10.1. The lowest BCUT2D eigenvalue weighted by Gasteiger charge is -2.13. The fraction of sp³-hybridized carbons (Fsp3) is 0.250. The molecule has 0 radical (unpaired) electrons. The van der Waals surface area contributed by atoms with E-state index in [-0.39, 0.29) is 46.7 Å². The summed E-state index contributed by atoms with van der Waals surface area (Å²) >= 11 is 0. The number of hydrogen-bond acceptors (Lipinski definition) is 6. The molecule has 0 spiro atoms. The van der Waals surface area contributed by atoms with Gasteiger partial charge in [-0.15, -0.1) is 12.4 Å². The molecule has 1 aliphatic rings.